The fourth-order valence-corrected chi connectivity index (χ4v) is 3.85. The first-order valence-corrected chi connectivity index (χ1v) is 7.13. The molecule has 3 aliphatic rings. The normalized spacial score (nSPS) is 28.6. The summed E-state index contributed by atoms with van der Waals surface area (Å²) >= 11 is 0. The highest BCUT2D eigenvalue weighted by atomic mass is 16.2. The Morgan fingerprint density at radius 1 is 0.812 bits per heavy atom. The van der Waals surface area contributed by atoms with Gasteiger partial charge in [0, 0.05) is 19.0 Å². The predicted molar refractivity (Wildman–Crippen MR) is 64.0 cm³/mol. The number of hydrogen-bond acceptors (Lipinski definition) is 1. The van der Waals surface area contributed by atoms with Crippen LogP contribution in [0.3, 0.4) is 0 Å². The lowest BCUT2D eigenvalue weighted by Crippen LogP contribution is -2.53. The van der Waals surface area contributed by atoms with E-state index in [1.807, 2.05) is 0 Å². The van der Waals surface area contributed by atoms with Crippen molar-refractivity contribution in [2.24, 2.45) is 17.8 Å². The largest absolute Gasteiger partial charge is 0.342 e. The van der Waals surface area contributed by atoms with Crippen LogP contribution in [0.1, 0.15) is 51.4 Å². The van der Waals surface area contributed by atoms with Gasteiger partial charge in [-0.2, -0.15) is 0 Å². The second kappa shape index (κ2) is 4.38. The van der Waals surface area contributed by atoms with Crippen molar-refractivity contribution in [1.82, 2.24) is 4.90 Å². The van der Waals surface area contributed by atoms with Crippen LogP contribution in [0.25, 0.3) is 0 Å². The molecule has 0 radical (unpaired) electrons. The van der Waals surface area contributed by atoms with Gasteiger partial charge in [-0.1, -0.05) is 38.5 Å². The monoisotopic (exact) mass is 221 g/mol. The summed E-state index contributed by atoms with van der Waals surface area (Å²) in [4.78, 5) is 14.3. The molecular formula is C14H23NO. The zero-order valence-corrected chi connectivity index (χ0v) is 10.2. The van der Waals surface area contributed by atoms with Crippen molar-refractivity contribution in [1.29, 1.82) is 0 Å². The van der Waals surface area contributed by atoms with E-state index in [9.17, 15) is 4.79 Å². The van der Waals surface area contributed by atoms with Crippen LogP contribution in [0.5, 0.6) is 0 Å². The molecule has 0 aromatic rings. The van der Waals surface area contributed by atoms with Crippen molar-refractivity contribution in [3.8, 4) is 0 Å². The molecule has 2 aliphatic carbocycles. The first kappa shape index (κ1) is 10.6. The van der Waals surface area contributed by atoms with Crippen LogP contribution in [-0.2, 0) is 4.79 Å². The van der Waals surface area contributed by atoms with Crippen molar-refractivity contribution in [2.45, 2.75) is 51.4 Å². The van der Waals surface area contributed by atoms with E-state index < -0.39 is 0 Å². The second-order valence-corrected chi connectivity index (χ2v) is 6.03. The minimum Gasteiger partial charge on any atom is -0.342 e. The quantitative estimate of drug-likeness (QED) is 0.702. The molecule has 1 saturated heterocycles. The van der Waals surface area contributed by atoms with E-state index in [-0.39, 0.29) is 0 Å². The Bertz CT molecular complexity index is 258. The number of carbonyl (C=O) groups is 1. The Hall–Kier alpha value is -0.530. The summed E-state index contributed by atoms with van der Waals surface area (Å²) < 4.78 is 0. The first-order chi connectivity index (χ1) is 7.84. The zero-order valence-electron chi connectivity index (χ0n) is 10.2. The molecule has 2 saturated carbocycles. The van der Waals surface area contributed by atoms with Crippen LogP contribution in [0, 0.1) is 17.8 Å². The molecule has 0 aromatic carbocycles. The molecule has 16 heavy (non-hydrogen) atoms. The third-order valence-corrected chi connectivity index (χ3v) is 4.99. The Kier molecular flexibility index (Phi) is 2.91. The molecule has 0 atom stereocenters. The summed E-state index contributed by atoms with van der Waals surface area (Å²) in [6.07, 6.45) is 10.6. The molecule has 1 amide bonds. The summed E-state index contributed by atoms with van der Waals surface area (Å²) in [5.74, 6) is 2.68. The molecular weight excluding hydrogens is 198 g/mol. The fraction of sp³-hybridized carbons (Fsp3) is 0.929. The summed E-state index contributed by atoms with van der Waals surface area (Å²) in [5.41, 5.74) is 0. The van der Waals surface area contributed by atoms with Gasteiger partial charge in [0.1, 0.15) is 0 Å². The van der Waals surface area contributed by atoms with Crippen LogP contribution in [0.4, 0.5) is 0 Å². The third kappa shape index (κ3) is 1.87. The van der Waals surface area contributed by atoms with Gasteiger partial charge in [0.2, 0.25) is 5.91 Å². The van der Waals surface area contributed by atoms with Crippen molar-refractivity contribution in [3.63, 3.8) is 0 Å². The zero-order chi connectivity index (χ0) is 11.0. The molecule has 0 unspecified atom stereocenters. The van der Waals surface area contributed by atoms with Crippen LogP contribution < -0.4 is 0 Å². The fourth-order valence-electron chi connectivity index (χ4n) is 3.85. The van der Waals surface area contributed by atoms with Gasteiger partial charge in [0.05, 0.1) is 0 Å². The van der Waals surface area contributed by atoms with Crippen LogP contribution in [0.2, 0.25) is 0 Å². The maximum absolute atomic E-state index is 12.1. The van der Waals surface area contributed by atoms with Crippen LogP contribution in [0.15, 0.2) is 0 Å². The van der Waals surface area contributed by atoms with Gasteiger partial charge in [-0.15, -0.1) is 0 Å². The Morgan fingerprint density at radius 3 is 2.00 bits per heavy atom. The highest BCUT2D eigenvalue weighted by Gasteiger charge is 2.39. The average molecular weight is 221 g/mol. The van der Waals surface area contributed by atoms with Crippen molar-refractivity contribution < 1.29 is 4.79 Å². The molecule has 1 aliphatic heterocycles. The maximum Gasteiger partial charge on any atom is 0.225 e. The molecule has 2 heteroatoms. The highest BCUT2D eigenvalue weighted by Crippen LogP contribution is 2.37. The number of nitrogens with zero attached hydrogens (tertiary/aromatic N) is 1. The van der Waals surface area contributed by atoms with Crippen molar-refractivity contribution in [2.75, 3.05) is 13.1 Å². The summed E-state index contributed by atoms with van der Waals surface area (Å²) in [6, 6.07) is 0. The molecule has 3 rings (SSSR count). The van der Waals surface area contributed by atoms with E-state index in [2.05, 4.69) is 4.90 Å². The van der Waals surface area contributed by atoms with Crippen LogP contribution >= 0.6 is 0 Å². The van der Waals surface area contributed by atoms with Gasteiger partial charge in [0.25, 0.3) is 0 Å². The Labute approximate surface area is 98.4 Å². The molecule has 3 fully saturated rings. The van der Waals surface area contributed by atoms with Gasteiger partial charge in [-0.25, -0.2) is 0 Å². The molecule has 90 valence electrons. The van der Waals surface area contributed by atoms with E-state index in [4.69, 9.17) is 0 Å². The standard InChI is InChI=1S/C14H23NO/c16-14(12-7-3-4-8-12)15-9-13(10-15)11-5-1-2-6-11/h11-13H,1-10H2. The number of amides is 1. The second-order valence-electron chi connectivity index (χ2n) is 6.03. The van der Waals surface area contributed by atoms with Gasteiger partial charge >= 0.3 is 0 Å². The molecule has 0 spiro atoms. The van der Waals surface area contributed by atoms with Gasteiger partial charge in [-0.05, 0) is 24.7 Å². The number of rotatable bonds is 2. The van der Waals surface area contributed by atoms with E-state index >= 15 is 0 Å². The van der Waals surface area contributed by atoms with E-state index in [0.717, 1.165) is 37.8 Å². The topological polar surface area (TPSA) is 20.3 Å². The smallest absolute Gasteiger partial charge is 0.225 e. The average Bonchev–Trinajstić information content (AvgIpc) is 2.88. The molecule has 0 bridgehead atoms. The molecule has 0 N–H and O–H groups in total. The SMILES string of the molecule is O=C(C1CCCC1)N1CC(C2CCCC2)C1. The molecule has 1 heterocycles. The van der Waals surface area contributed by atoms with E-state index in [1.165, 1.54) is 38.5 Å². The first-order valence-electron chi connectivity index (χ1n) is 7.13. The number of carbonyl (C=O) groups excluding carboxylic acids is 1. The summed E-state index contributed by atoms with van der Waals surface area (Å²) in [5, 5.41) is 0. The van der Waals surface area contributed by atoms with Gasteiger partial charge in [0.15, 0.2) is 0 Å². The molecule has 0 aromatic heterocycles. The van der Waals surface area contributed by atoms with Crippen molar-refractivity contribution >= 4 is 5.91 Å². The van der Waals surface area contributed by atoms with Gasteiger partial charge in [-0.3, -0.25) is 4.79 Å². The summed E-state index contributed by atoms with van der Waals surface area (Å²) in [6.45, 7) is 2.17. The highest BCUT2D eigenvalue weighted by molar-refractivity contribution is 5.79. The third-order valence-electron chi connectivity index (χ3n) is 4.99. The van der Waals surface area contributed by atoms with E-state index in [1.54, 1.807) is 0 Å². The lowest BCUT2D eigenvalue weighted by atomic mass is 9.84. The summed E-state index contributed by atoms with van der Waals surface area (Å²) in [7, 11) is 0. The lowest BCUT2D eigenvalue weighted by Gasteiger charge is -2.43. The van der Waals surface area contributed by atoms with E-state index in [0.29, 0.717) is 11.8 Å². The minimum atomic E-state index is 0.393. The molecule has 2 nitrogen and oxygen atoms in total. The maximum atomic E-state index is 12.1. The predicted octanol–water partition coefficient (Wildman–Crippen LogP) is 2.83. The number of likely N-dealkylation sites (tertiary alicyclic amines) is 1. The minimum absolute atomic E-state index is 0.393. The van der Waals surface area contributed by atoms with Gasteiger partial charge < -0.3 is 4.90 Å². The Morgan fingerprint density at radius 2 is 1.38 bits per heavy atom. The van der Waals surface area contributed by atoms with Crippen molar-refractivity contribution in [3.05, 3.63) is 0 Å². The van der Waals surface area contributed by atoms with Crippen LogP contribution in [-0.4, -0.2) is 23.9 Å². The number of hydrogen-bond donors (Lipinski definition) is 0. The lowest BCUT2D eigenvalue weighted by molar-refractivity contribution is -0.143. The Balaban J connectivity index is 1.47.